The molecule has 0 unspecified atom stereocenters. The summed E-state index contributed by atoms with van der Waals surface area (Å²) < 4.78 is 0.448. The highest BCUT2D eigenvalue weighted by molar-refractivity contribution is 8.26. The lowest BCUT2D eigenvalue weighted by molar-refractivity contribution is -0.115. The fourth-order valence-electron chi connectivity index (χ4n) is 2.32. The van der Waals surface area contributed by atoms with E-state index in [1.165, 1.54) is 11.8 Å². The topological polar surface area (TPSA) is 107 Å². The van der Waals surface area contributed by atoms with Gasteiger partial charge in [0.15, 0.2) is 0 Å². The number of nitrogens with zero attached hydrogens (tertiary/aromatic N) is 4. The lowest BCUT2D eigenvalue weighted by Gasteiger charge is -2.04. The van der Waals surface area contributed by atoms with Crippen LogP contribution in [-0.4, -0.2) is 30.2 Å². The first-order chi connectivity index (χ1) is 12.1. The van der Waals surface area contributed by atoms with Crippen LogP contribution < -0.4 is 11.1 Å². The monoisotopic (exact) mass is 366 g/mol. The van der Waals surface area contributed by atoms with Crippen molar-refractivity contribution in [2.45, 2.75) is 0 Å². The van der Waals surface area contributed by atoms with E-state index < -0.39 is 0 Å². The molecule has 4 rings (SSSR count). The van der Waals surface area contributed by atoms with E-state index in [4.69, 9.17) is 18.0 Å². The summed E-state index contributed by atoms with van der Waals surface area (Å²) in [6.07, 6.45) is 4.99. The Bertz CT molecular complexity index is 1070. The van der Waals surface area contributed by atoms with E-state index in [2.05, 4.69) is 25.3 Å². The Labute approximate surface area is 151 Å². The highest BCUT2D eigenvalue weighted by Gasteiger charge is 2.22. The molecule has 3 N–H and O–H groups in total. The zero-order chi connectivity index (χ0) is 17.4. The molecule has 1 fully saturated rings. The van der Waals surface area contributed by atoms with Crippen molar-refractivity contribution in [1.82, 2.24) is 25.3 Å². The Kier molecular flexibility index (Phi) is 3.86. The van der Waals surface area contributed by atoms with Crippen molar-refractivity contribution >= 4 is 57.3 Å². The number of hydrogen-bond acceptors (Lipinski definition) is 8. The van der Waals surface area contributed by atoms with Crippen LogP contribution in [0.2, 0.25) is 0 Å². The first kappa shape index (κ1) is 15.6. The van der Waals surface area contributed by atoms with Gasteiger partial charge in [0.05, 0.1) is 28.0 Å². The number of amides is 1. The van der Waals surface area contributed by atoms with Crippen LogP contribution in [0.1, 0.15) is 5.69 Å². The molecule has 0 spiro atoms. The molecule has 1 saturated heterocycles. The van der Waals surface area contributed by atoms with Gasteiger partial charge in [-0.15, -0.1) is 0 Å². The van der Waals surface area contributed by atoms with Crippen molar-refractivity contribution in [2.24, 2.45) is 0 Å². The summed E-state index contributed by atoms with van der Waals surface area (Å²) in [7, 11) is 0. The molecular weight excluding hydrogens is 356 g/mol. The third kappa shape index (κ3) is 3.19. The third-order valence-electron chi connectivity index (χ3n) is 3.44. The first-order valence-corrected chi connectivity index (χ1v) is 8.41. The van der Waals surface area contributed by atoms with E-state index in [0.29, 0.717) is 31.6 Å². The van der Waals surface area contributed by atoms with E-state index in [1.54, 1.807) is 18.5 Å². The lowest BCUT2D eigenvalue weighted by atomic mass is 10.1. The van der Waals surface area contributed by atoms with E-state index in [1.807, 2.05) is 24.3 Å². The molecule has 25 heavy (non-hydrogen) atoms. The van der Waals surface area contributed by atoms with Crippen LogP contribution in [0.5, 0.6) is 0 Å². The number of thioether (sulfide) groups is 1. The molecule has 9 heteroatoms. The normalized spacial score (nSPS) is 15.8. The number of carbonyl (C=O) groups excluding carboxylic acids is 1. The Morgan fingerprint density at radius 3 is 2.84 bits per heavy atom. The summed E-state index contributed by atoms with van der Waals surface area (Å²) in [4.78, 5) is 29.3. The molecule has 1 amide bonds. The number of carbonyl (C=O) groups is 1. The molecule has 0 radical (unpaired) electrons. The number of rotatable bonds is 2. The maximum Gasteiger partial charge on any atom is 0.263 e. The minimum Gasteiger partial charge on any atom is -0.368 e. The van der Waals surface area contributed by atoms with Crippen LogP contribution >= 0.6 is 24.0 Å². The fraction of sp³-hybridized carbons (Fsp3) is 0. The zero-order valence-corrected chi connectivity index (χ0v) is 14.3. The summed E-state index contributed by atoms with van der Waals surface area (Å²) >= 11 is 6.21. The predicted molar refractivity (Wildman–Crippen MR) is 101 cm³/mol. The van der Waals surface area contributed by atoms with Crippen LogP contribution in [0.3, 0.4) is 0 Å². The third-order valence-corrected chi connectivity index (χ3v) is 4.60. The molecule has 1 aliphatic heterocycles. The number of anilines is 1. The number of thiocarbonyl (C=S) groups is 1. The maximum absolute atomic E-state index is 11.8. The van der Waals surface area contributed by atoms with Crippen LogP contribution in [0, 0.1) is 0 Å². The number of hydrogen-bond donors (Lipinski definition) is 2. The van der Waals surface area contributed by atoms with Gasteiger partial charge in [-0.2, -0.15) is 0 Å². The van der Waals surface area contributed by atoms with Gasteiger partial charge in [0, 0.05) is 11.8 Å². The Hall–Kier alpha value is -2.91. The van der Waals surface area contributed by atoms with Crippen LogP contribution in [0.15, 0.2) is 41.6 Å². The van der Waals surface area contributed by atoms with Crippen molar-refractivity contribution in [2.75, 3.05) is 5.73 Å². The molecule has 122 valence electrons. The van der Waals surface area contributed by atoms with Gasteiger partial charge in [0.25, 0.3) is 5.91 Å². The first-order valence-electron chi connectivity index (χ1n) is 7.19. The predicted octanol–water partition coefficient (Wildman–Crippen LogP) is 2.16. The zero-order valence-electron chi connectivity index (χ0n) is 12.6. The number of nitrogen functional groups attached to an aromatic ring is 1. The second kappa shape index (κ2) is 6.19. The van der Waals surface area contributed by atoms with Gasteiger partial charge in [-0.3, -0.25) is 9.78 Å². The van der Waals surface area contributed by atoms with Gasteiger partial charge >= 0.3 is 0 Å². The van der Waals surface area contributed by atoms with Crippen LogP contribution in [0.25, 0.3) is 28.4 Å². The number of aromatic nitrogens is 4. The number of pyridine rings is 2. The molecule has 0 atom stereocenters. The smallest absolute Gasteiger partial charge is 0.263 e. The molecule has 0 aromatic carbocycles. The molecule has 1 aliphatic rings. The van der Waals surface area contributed by atoms with Gasteiger partial charge in [0.1, 0.15) is 9.84 Å². The summed E-state index contributed by atoms with van der Waals surface area (Å²) in [6.45, 7) is 0. The molecule has 7 nitrogen and oxygen atoms in total. The second-order valence-corrected chi connectivity index (χ2v) is 6.88. The molecule has 0 bridgehead atoms. The fourth-order valence-corrected chi connectivity index (χ4v) is 3.35. The minimum atomic E-state index is -0.207. The molecule has 4 heterocycles. The highest BCUT2D eigenvalue weighted by Crippen LogP contribution is 2.26. The Morgan fingerprint density at radius 1 is 1.16 bits per heavy atom. The van der Waals surface area contributed by atoms with E-state index >= 15 is 0 Å². The van der Waals surface area contributed by atoms with Gasteiger partial charge in [-0.1, -0.05) is 30.0 Å². The van der Waals surface area contributed by atoms with Gasteiger partial charge in [-0.25, -0.2) is 15.0 Å². The van der Waals surface area contributed by atoms with Crippen molar-refractivity contribution in [3.63, 3.8) is 0 Å². The SMILES string of the molecule is Nc1ncc2ncc(-c3cccc(/C=C4\SC(=S)NC4=O)n3)cc2n1. The van der Waals surface area contributed by atoms with Crippen molar-refractivity contribution in [1.29, 1.82) is 0 Å². The second-order valence-electron chi connectivity index (χ2n) is 5.16. The average molecular weight is 366 g/mol. The molecular formula is C16H10N6OS2. The van der Waals surface area contributed by atoms with E-state index in [-0.39, 0.29) is 11.9 Å². The minimum absolute atomic E-state index is 0.193. The molecule has 0 aliphatic carbocycles. The summed E-state index contributed by atoms with van der Waals surface area (Å²) in [6, 6.07) is 7.40. The van der Waals surface area contributed by atoms with Gasteiger partial charge < -0.3 is 11.1 Å². The number of fused-ring (bicyclic) bond motifs is 1. The highest BCUT2D eigenvalue weighted by atomic mass is 32.2. The van der Waals surface area contributed by atoms with Gasteiger partial charge in [-0.05, 0) is 24.3 Å². The van der Waals surface area contributed by atoms with Gasteiger partial charge in [0.2, 0.25) is 5.95 Å². The lowest BCUT2D eigenvalue weighted by Crippen LogP contribution is -2.17. The largest absolute Gasteiger partial charge is 0.368 e. The quantitative estimate of drug-likeness (QED) is 0.525. The number of nitrogens with one attached hydrogen (secondary N) is 1. The molecule has 3 aromatic heterocycles. The average Bonchev–Trinajstić information content (AvgIpc) is 2.91. The van der Waals surface area contributed by atoms with Crippen molar-refractivity contribution in [3.05, 3.63) is 47.3 Å². The Balaban J connectivity index is 1.73. The summed E-state index contributed by atoms with van der Waals surface area (Å²) in [5, 5.41) is 2.58. The summed E-state index contributed by atoms with van der Waals surface area (Å²) in [5.74, 6) is -0.0140. The summed E-state index contributed by atoms with van der Waals surface area (Å²) in [5.41, 5.74) is 9.10. The number of nitrogens with two attached hydrogens (primary N) is 1. The van der Waals surface area contributed by atoms with Crippen molar-refractivity contribution < 1.29 is 4.79 Å². The van der Waals surface area contributed by atoms with Crippen LogP contribution in [-0.2, 0) is 4.79 Å². The van der Waals surface area contributed by atoms with Crippen LogP contribution in [0.4, 0.5) is 5.95 Å². The maximum atomic E-state index is 11.8. The van der Waals surface area contributed by atoms with E-state index in [9.17, 15) is 4.79 Å². The molecule has 0 saturated carbocycles. The van der Waals surface area contributed by atoms with Crippen molar-refractivity contribution in [3.8, 4) is 11.3 Å². The Morgan fingerprint density at radius 2 is 2.04 bits per heavy atom. The molecule has 3 aromatic rings. The van der Waals surface area contributed by atoms with E-state index in [0.717, 1.165) is 5.56 Å². The standard InChI is InChI=1S/C16H10N6OS2/c17-15-19-7-12-11(21-15)4-8(6-18-12)10-3-1-2-9(20-10)5-13-14(23)22-16(24)25-13/h1-7H,(H2,17,19,21)(H,22,23,24)/b13-5-.